The Morgan fingerprint density at radius 2 is 1.96 bits per heavy atom. The smallest absolute Gasteiger partial charge is 0.348 e. The number of carbonyl (C=O) groups is 1. The van der Waals surface area contributed by atoms with E-state index in [1.807, 2.05) is 0 Å². The van der Waals surface area contributed by atoms with Gasteiger partial charge < -0.3 is 23.4 Å². The summed E-state index contributed by atoms with van der Waals surface area (Å²) in [5.41, 5.74) is 0.457. The van der Waals surface area contributed by atoms with Crippen LogP contribution >= 0.6 is 0 Å². The third-order valence-corrected chi connectivity index (χ3v) is 4.13. The molecule has 0 fully saturated rings. The molecule has 0 aliphatic carbocycles. The summed E-state index contributed by atoms with van der Waals surface area (Å²) in [4.78, 5) is 24.5. The first-order valence-corrected chi connectivity index (χ1v) is 7.37. The number of esters is 1. The zero-order valence-electron chi connectivity index (χ0n) is 13.0. The molecule has 1 aromatic carbocycles. The summed E-state index contributed by atoms with van der Waals surface area (Å²) in [5.74, 6) is 0.713. The SMILES string of the molecule is COC(=O)[C@H]1Oc2cc(C)oc(=O)c2[C@H]1c1ccc2c(c1)OCO2. The van der Waals surface area contributed by atoms with Crippen LogP contribution in [-0.4, -0.2) is 26.0 Å². The topological polar surface area (TPSA) is 84.2 Å². The average Bonchev–Trinajstić information content (AvgIpc) is 3.17. The number of methoxy groups -OCH3 is 1. The Kier molecular flexibility index (Phi) is 3.23. The molecule has 0 unspecified atom stereocenters. The molecule has 1 aromatic heterocycles. The summed E-state index contributed by atoms with van der Waals surface area (Å²) in [5, 5.41) is 0. The quantitative estimate of drug-likeness (QED) is 0.775. The minimum atomic E-state index is -0.963. The van der Waals surface area contributed by atoms with Crippen molar-refractivity contribution in [2.75, 3.05) is 13.9 Å². The molecule has 7 nitrogen and oxygen atoms in total. The van der Waals surface area contributed by atoms with Crippen LogP contribution in [0.3, 0.4) is 0 Å². The van der Waals surface area contributed by atoms with Crippen molar-refractivity contribution in [2.45, 2.75) is 18.9 Å². The molecule has 2 atom stereocenters. The summed E-state index contributed by atoms with van der Waals surface area (Å²) in [6.07, 6.45) is -0.963. The third-order valence-electron chi connectivity index (χ3n) is 4.13. The predicted molar refractivity (Wildman–Crippen MR) is 80.6 cm³/mol. The molecule has 2 aliphatic rings. The van der Waals surface area contributed by atoms with Gasteiger partial charge in [-0.15, -0.1) is 0 Å². The number of ether oxygens (including phenoxy) is 4. The van der Waals surface area contributed by atoms with Gasteiger partial charge in [0.05, 0.1) is 18.6 Å². The molecule has 0 spiro atoms. The van der Waals surface area contributed by atoms with Crippen molar-refractivity contribution in [1.29, 1.82) is 0 Å². The van der Waals surface area contributed by atoms with E-state index >= 15 is 0 Å². The Bertz CT molecular complexity index is 883. The van der Waals surface area contributed by atoms with Crippen LogP contribution in [0.15, 0.2) is 33.5 Å². The van der Waals surface area contributed by atoms with E-state index in [-0.39, 0.29) is 6.79 Å². The highest BCUT2D eigenvalue weighted by molar-refractivity contribution is 5.79. The van der Waals surface area contributed by atoms with Crippen molar-refractivity contribution in [3.8, 4) is 17.2 Å². The Morgan fingerprint density at radius 3 is 2.75 bits per heavy atom. The van der Waals surface area contributed by atoms with Gasteiger partial charge in [0.25, 0.3) is 0 Å². The summed E-state index contributed by atoms with van der Waals surface area (Å²) in [7, 11) is 1.28. The van der Waals surface area contributed by atoms with Crippen LogP contribution in [-0.2, 0) is 9.53 Å². The van der Waals surface area contributed by atoms with Crippen LogP contribution in [0.2, 0.25) is 0 Å². The maximum atomic E-state index is 12.4. The van der Waals surface area contributed by atoms with E-state index in [2.05, 4.69) is 0 Å². The van der Waals surface area contributed by atoms with Gasteiger partial charge in [-0.05, 0) is 24.6 Å². The minimum absolute atomic E-state index is 0.137. The second-order valence-corrected chi connectivity index (χ2v) is 5.57. The van der Waals surface area contributed by atoms with Crippen molar-refractivity contribution < 1.29 is 28.2 Å². The Balaban J connectivity index is 1.87. The fourth-order valence-electron chi connectivity index (χ4n) is 3.08. The van der Waals surface area contributed by atoms with Crippen LogP contribution in [0.25, 0.3) is 0 Å². The van der Waals surface area contributed by atoms with Crippen molar-refractivity contribution in [3.05, 3.63) is 51.6 Å². The number of benzene rings is 1. The van der Waals surface area contributed by atoms with E-state index in [0.717, 1.165) is 0 Å². The maximum absolute atomic E-state index is 12.4. The monoisotopic (exact) mass is 330 g/mol. The first-order valence-electron chi connectivity index (χ1n) is 7.37. The van der Waals surface area contributed by atoms with E-state index in [9.17, 15) is 9.59 Å². The second kappa shape index (κ2) is 5.30. The van der Waals surface area contributed by atoms with Gasteiger partial charge in [-0.2, -0.15) is 0 Å². The highest BCUT2D eigenvalue weighted by atomic mass is 16.7. The lowest BCUT2D eigenvalue weighted by Gasteiger charge is -2.17. The van der Waals surface area contributed by atoms with Crippen molar-refractivity contribution >= 4 is 5.97 Å². The Morgan fingerprint density at radius 1 is 1.17 bits per heavy atom. The van der Waals surface area contributed by atoms with Crippen molar-refractivity contribution in [3.63, 3.8) is 0 Å². The molecule has 0 saturated heterocycles. The first kappa shape index (κ1) is 14.6. The number of rotatable bonds is 2. The van der Waals surface area contributed by atoms with Gasteiger partial charge in [-0.1, -0.05) is 6.07 Å². The van der Waals surface area contributed by atoms with E-state index in [4.69, 9.17) is 23.4 Å². The zero-order chi connectivity index (χ0) is 16.8. The summed E-state index contributed by atoms with van der Waals surface area (Å²) >= 11 is 0. The molecule has 3 heterocycles. The molecule has 0 N–H and O–H groups in total. The summed E-state index contributed by atoms with van der Waals surface area (Å²) in [6, 6.07) is 6.84. The molecule has 7 heteroatoms. The normalized spacial score (nSPS) is 20.4. The number of carbonyl (C=O) groups excluding carboxylic acids is 1. The molecule has 24 heavy (non-hydrogen) atoms. The number of hydrogen-bond donors (Lipinski definition) is 0. The maximum Gasteiger partial charge on any atom is 0.348 e. The van der Waals surface area contributed by atoms with Crippen LogP contribution < -0.4 is 19.8 Å². The van der Waals surface area contributed by atoms with Crippen LogP contribution in [0.5, 0.6) is 17.2 Å². The number of fused-ring (bicyclic) bond motifs is 2. The third kappa shape index (κ3) is 2.12. The van der Waals surface area contributed by atoms with Gasteiger partial charge in [0.1, 0.15) is 11.5 Å². The fourth-order valence-corrected chi connectivity index (χ4v) is 3.08. The van der Waals surface area contributed by atoms with Gasteiger partial charge in [0.2, 0.25) is 12.9 Å². The molecule has 2 aliphatic heterocycles. The van der Waals surface area contributed by atoms with Gasteiger partial charge in [-0.25, -0.2) is 9.59 Å². The van der Waals surface area contributed by atoms with Crippen molar-refractivity contribution in [1.82, 2.24) is 0 Å². The van der Waals surface area contributed by atoms with Crippen molar-refractivity contribution in [2.24, 2.45) is 0 Å². The molecular weight excluding hydrogens is 316 g/mol. The summed E-state index contributed by atoms with van der Waals surface area (Å²) in [6.45, 7) is 1.78. The molecule has 0 radical (unpaired) electrons. The van der Waals surface area contributed by atoms with E-state index in [1.165, 1.54) is 7.11 Å². The fraction of sp³-hybridized carbons (Fsp3) is 0.294. The zero-order valence-corrected chi connectivity index (χ0v) is 13.0. The summed E-state index contributed by atoms with van der Waals surface area (Å²) < 4.78 is 26.4. The standard InChI is InChI=1S/C17H14O7/c1-8-5-12-14(16(18)23-8)13(15(24-12)17(19)20-2)9-3-4-10-11(6-9)22-7-21-10/h3-6,13,15H,7H2,1-2H3/t13-,15+/m1/s1. The Labute approximate surface area is 136 Å². The van der Waals surface area contributed by atoms with Gasteiger partial charge >= 0.3 is 11.6 Å². The Hall–Kier alpha value is -2.96. The van der Waals surface area contributed by atoms with Gasteiger partial charge in [0.15, 0.2) is 11.5 Å². The molecule has 124 valence electrons. The second-order valence-electron chi connectivity index (χ2n) is 5.57. The lowest BCUT2D eigenvalue weighted by atomic mass is 9.88. The van der Waals surface area contributed by atoms with Crippen LogP contribution in [0.4, 0.5) is 0 Å². The minimum Gasteiger partial charge on any atom is -0.477 e. The first-order chi connectivity index (χ1) is 11.6. The van der Waals surface area contributed by atoms with Crippen LogP contribution in [0.1, 0.15) is 22.8 Å². The largest absolute Gasteiger partial charge is 0.477 e. The molecule has 0 saturated carbocycles. The highest BCUT2D eigenvalue weighted by Gasteiger charge is 2.44. The number of hydrogen-bond acceptors (Lipinski definition) is 7. The molecular formula is C17H14O7. The van der Waals surface area contributed by atoms with E-state index in [1.54, 1.807) is 31.2 Å². The van der Waals surface area contributed by atoms with Gasteiger partial charge in [-0.3, -0.25) is 0 Å². The highest BCUT2D eigenvalue weighted by Crippen LogP contribution is 2.44. The lowest BCUT2D eigenvalue weighted by Crippen LogP contribution is -2.31. The average molecular weight is 330 g/mol. The van der Waals surface area contributed by atoms with Crippen LogP contribution in [0, 0.1) is 6.92 Å². The molecule has 0 bridgehead atoms. The molecule has 2 aromatic rings. The molecule has 4 rings (SSSR count). The predicted octanol–water partition coefficient (Wildman–Crippen LogP) is 1.74. The number of aryl methyl sites for hydroxylation is 1. The lowest BCUT2D eigenvalue weighted by molar-refractivity contribution is -0.148. The van der Waals surface area contributed by atoms with E-state index < -0.39 is 23.6 Å². The molecule has 0 amide bonds. The van der Waals surface area contributed by atoms with E-state index in [0.29, 0.717) is 34.1 Å². The van der Waals surface area contributed by atoms with Gasteiger partial charge in [0, 0.05) is 6.07 Å².